The van der Waals surface area contributed by atoms with Crippen LogP contribution in [0, 0.1) is 0 Å². The van der Waals surface area contributed by atoms with E-state index in [1.165, 1.54) is 35.4 Å². The van der Waals surface area contributed by atoms with E-state index in [-0.39, 0.29) is 0 Å². The molecule has 6 heteroatoms. The van der Waals surface area contributed by atoms with Crippen LogP contribution in [-0.2, 0) is 0 Å². The predicted octanol–water partition coefficient (Wildman–Crippen LogP) is 5.12. The lowest BCUT2D eigenvalue weighted by molar-refractivity contribution is 0.789. The largest absolute Gasteiger partial charge is 0.388 e. The Morgan fingerprint density at radius 3 is 1.59 bits per heavy atom. The molecule has 2 nitrogen and oxygen atoms in total. The fourth-order valence-electron chi connectivity index (χ4n) is 2.93. The van der Waals surface area contributed by atoms with Crippen molar-refractivity contribution in [1.29, 1.82) is 0 Å². The number of hydrogen-bond donors (Lipinski definition) is 2. The maximum absolute atomic E-state index is 5.63. The Labute approximate surface area is 152 Å². The van der Waals surface area contributed by atoms with Gasteiger partial charge in [0.2, 0.25) is 0 Å². The maximum Gasteiger partial charge on any atom is 0.0865 e. The molecular weight excluding hydrogens is 348 g/mol. The summed E-state index contributed by atoms with van der Waals surface area (Å²) in [7, 11) is 3.33. The second kappa shape index (κ2) is 9.30. The molecule has 2 aliphatic carbocycles. The van der Waals surface area contributed by atoms with E-state index in [1.807, 2.05) is 0 Å². The molecule has 0 unspecified atom stereocenters. The van der Waals surface area contributed by atoms with Crippen molar-refractivity contribution in [1.82, 2.24) is 10.6 Å². The first-order valence-corrected chi connectivity index (χ1v) is 11.0. The second-order valence-electron chi connectivity index (χ2n) is 5.42. The minimum atomic E-state index is 0.969. The zero-order valence-electron chi connectivity index (χ0n) is 13.3. The molecule has 22 heavy (non-hydrogen) atoms. The summed E-state index contributed by atoms with van der Waals surface area (Å²) < 4.78 is 2.01. The quantitative estimate of drug-likeness (QED) is 0.496. The highest BCUT2D eigenvalue weighted by Gasteiger charge is 2.21. The Morgan fingerprint density at radius 1 is 0.818 bits per heavy atom. The third kappa shape index (κ3) is 4.73. The predicted molar refractivity (Wildman–Crippen MR) is 109 cm³/mol. The summed E-state index contributed by atoms with van der Waals surface area (Å²) in [6.07, 6.45) is 6.90. The van der Waals surface area contributed by atoms with Crippen molar-refractivity contribution in [3.05, 3.63) is 22.5 Å². The van der Waals surface area contributed by atoms with Gasteiger partial charge >= 0.3 is 0 Å². The highest BCUT2D eigenvalue weighted by molar-refractivity contribution is 8.90. The Kier molecular flexibility index (Phi) is 7.74. The average Bonchev–Trinajstić information content (AvgIpc) is 3.14. The zero-order valence-corrected chi connectivity index (χ0v) is 16.6. The van der Waals surface area contributed by atoms with Gasteiger partial charge in [0.15, 0.2) is 0 Å². The summed E-state index contributed by atoms with van der Waals surface area (Å²) in [4.78, 5) is 0. The van der Waals surface area contributed by atoms with Crippen LogP contribution in [0.4, 0.5) is 0 Å². The van der Waals surface area contributed by atoms with Crippen LogP contribution in [0.15, 0.2) is 22.5 Å². The third-order valence-electron chi connectivity index (χ3n) is 3.90. The molecule has 0 saturated heterocycles. The smallest absolute Gasteiger partial charge is 0.0865 e. The molecule has 0 heterocycles. The summed E-state index contributed by atoms with van der Waals surface area (Å²) in [5, 5.41) is 6.92. The normalized spacial score (nSPS) is 18.1. The van der Waals surface area contributed by atoms with Crippen molar-refractivity contribution in [2.24, 2.45) is 0 Å². The van der Waals surface area contributed by atoms with Gasteiger partial charge in [-0.15, -0.1) is 0 Å². The summed E-state index contributed by atoms with van der Waals surface area (Å²) in [6.45, 7) is 6.21. The molecule has 0 saturated carbocycles. The van der Waals surface area contributed by atoms with Gasteiger partial charge in [0.05, 0.1) is 8.39 Å². The van der Waals surface area contributed by atoms with Gasteiger partial charge in [0.1, 0.15) is 0 Å². The Hall–Kier alpha value is -0.0400. The van der Waals surface area contributed by atoms with Crippen LogP contribution in [0.1, 0.15) is 52.4 Å². The van der Waals surface area contributed by atoms with Gasteiger partial charge in [-0.25, -0.2) is 0 Å². The number of hydrogen-bond acceptors (Lipinski definition) is 6. The fourth-order valence-corrected chi connectivity index (χ4v) is 5.85. The van der Waals surface area contributed by atoms with E-state index in [0.29, 0.717) is 0 Å². The van der Waals surface area contributed by atoms with Gasteiger partial charge in [-0.1, -0.05) is 24.4 Å². The van der Waals surface area contributed by atoms with Crippen LogP contribution in [-0.4, -0.2) is 21.5 Å². The number of nitrogens with one attached hydrogen (secondary N) is 2. The van der Waals surface area contributed by atoms with Crippen molar-refractivity contribution < 1.29 is 0 Å². The molecule has 0 fully saturated rings. The zero-order chi connectivity index (χ0) is 15.9. The highest BCUT2D eigenvalue weighted by atomic mass is 33.1. The van der Waals surface area contributed by atoms with Crippen molar-refractivity contribution in [2.45, 2.75) is 52.4 Å². The summed E-state index contributed by atoms with van der Waals surface area (Å²) in [6, 6.07) is 0. The van der Waals surface area contributed by atoms with Crippen molar-refractivity contribution in [3.8, 4) is 0 Å². The molecule has 0 aromatic rings. The lowest BCUT2D eigenvalue weighted by Crippen LogP contribution is -2.14. The standard InChI is InChI=1S/C16H24N2S4/c1-3-17-13-9-5-7-11(13)15(19)21-22-16(20)12-8-6-10-14(12)18-4-2/h17-18H,3-10H2,1-2H3. The number of thiocarbonyl (C=S) groups is 2. The van der Waals surface area contributed by atoms with Crippen LogP contribution in [0.25, 0.3) is 0 Å². The summed E-state index contributed by atoms with van der Waals surface area (Å²) in [5.41, 5.74) is 5.37. The van der Waals surface area contributed by atoms with E-state index in [4.69, 9.17) is 24.4 Å². The molecular formula is C16H24N2S4. The monoisotopic (exact) mass is 372 g/mol. The Bertz CT molecular complexity index is 462. The molecule has 0 radical (unpaired) electrons. The van der Waals surface area contributed by atoms with Gasteiger partial charge in [0, 0.05) is 24.5 Å². The second-order valence-corrected chi connectivity index (χ2v) is 8.91. The average molecular weight is 373 g/mol. The highest BCUT2D eigenvalue weighted by Crippen LogP contribution is 2.39. The first-order valence-electron chi connectivity index (χ1n) is 8.02. The van der Waals surface area contributed by atoms with Gasteiger partial charge < -0.3 is 10.6 Å². The van der Waals surface area contributed by atoms with Crippen LogP contribution in [0.5, 0.6) is 0 Å². The van der Waals surface area contributed by atoms with E-state index in [9.17, 15) is 0 Å². The first kappa shape index (κ1) is 18.3. The van der Waals surface area contributed by atoms with Crippen molar-refractivity contribution in [3.63, 3.8) is 0 Å². The van der Waals surface area contributed by atoms with E-state index in [0.717, 1.165) is 47.2 Å². The van der Waals surface area contributed by atoms with Gasteiger partial charge in [-0.2, -0.15) is 0 Å². The Morgan fingerprint density at radius 2 is 1.23 bits per heavy atom. The molecule has 0 atom stereocenters. The lowest BCUT2D eigenvalue weighted by Gasteiger charge is -2.11. The molecule has 0 spiro atoms. The molecule has 2 aliphatic rings. The summed E-state index contributed by atoms with van der Waals surface area (Å²) in [5.74, 6) is 0. The van der Waals surface area contributed by atoms with Crippen molar-refractivity contribution in [2.75, 3.05) is 13.1 Å². The van der Waals surface area contributed by atoms with E-state index in [2.05, 4.69) is 24.5 Å². The fraction of sp³-hybridized carbons (Fsp3) is 0.625. The number of rotatable bonds is 6. The lowest BCUT2D eigenvalue weighted by atomic mass is 10.2. The Balaban J connectivity index is 1.92. The molecule has 0 bridgehead atoms. The van der Waals surface area contributed by atoms with Gasteiger partial charge in [-0.3, -0.25) is 0 Å². The van der Waals surface area contributed by atoms with Crippen LogP contribution in [0.3, 0.4) is 0 Å². The van der Waals surface area contributed by atoms with Crippen molar-refractivity contribution >= 4 is 54.4 Å². The third-order valence-corrected chi connectivity index (χ3v) is 7.66. The van der Waals surface area contributed by atoms with Crippen LogP contribution < -0.4 is 10.6 Å². The van der Waals surface area contributed by atoms with E-state index in [1.54, 1.807) is 21.6 Å². The minimum absolute atomic E-state index is 0.969. The van der Waals surface area contributed by atoms with Crippen LogP contribution >= 0.6 is 46.0 Å². The number of allylic oxidation sites excluding steroid dienone is 2. The maximum atomic E-state index is 5.63. The minimum Gasteiger partial charge on any atom is -0.388 e. The molecule has 0 aromatic carbocycles. The van der Waals surface area contributed by atoms with Crippen LogP contribution in [0.2, 0.25) is 0 Å². The molecule has 122 valence electrons. The van der Waals surface area contributed by atoms with Gasteiger partial charge in [-0.05, 0) is 85.1 Å². The topological polar surface area (TPSA) is 24.1 Å². The van der Waals surface area contributed by atoms with E-state index >= 15 is 0 Å². The molecule has 2 N–H and O–H groups in total. The molecule has 2 rings (SSSR count). The SMILES string of the molecule is CCNC1=C(C(=S)SSC(=S)C2=C(NCC)CCC2)CCC1. The van der Waals surface area contributed by atoms with E-state index < -0.39 is 0 Å². The molecule has 0 aliphatic heterocycles. The first-order chi connectivity index (χ1) is 10.7. The summed E-state index contributed by atoms with van der Waals surface area (Å²) >= 11 is 11.3. The molecule has 0 amide bonds. The van der Waals surface area contributed by atoms with Gasteiger partial charge in [0.25, 0.3) is 0 Å². The molecule has 0 aromatic heterocycles.